The van der Waals surface area contributed by atoms with Crippen LogP contribution in [0.5, 0.6) is 5.75 Å². The lowest BCUT2D eigenvalue weighted by atomic mass is 9.95. The molecule has 0 fully saturated rings. The van der Waals surface area contributed by atoms with Crippen molar-refractivity contribution in [3.8, 4) is 5.75 Å². The van der Waals surface area contributed by atoms with Crippen molar-refractivity contribution in [1.82, 2.24) is 10.2 Å². The van der Waals surface area contributed by atoms with Crippen molar-refractivity contribution >= 4 is 29.5 Å². The van der Waals surface area contributed by atoms with Gasteiger partial charge in [-0.05, 0) is 102 Å². The molecule has 0 aliphatic rings. The van der Waals surface area contributed by atoms with Crippen LogP contribution in [-0.2, 0) is 19.1 Å². The van der Waals surface area contributed by atoms with Crippen LogP contribution in [-0.4, -0.2) is 51.5 Å². The Bertz CT molecular complexity index is 1300. The number of aryl methyl sites for hydroxylation is 3. The Kier molecular flexibility index (Phi) is 12.2. The largest absolute Gasteiger partial charge is 0.508 e. The second-order valence-electron chi connectivity index (χ2n) is 12.6. The number of primary amides is 1. The van der Waals surface area contributed by atoms with Gasteiger partial charge in [-0.15, -0.1) is 0 Å². The van der Waals surface area contributed by atoms with Gasteiger partial charge in [0.1, 0.15) is 23.4 Å². The zero-order valence-corrected chi connectivity index (χ0v) is 26.9. The normalized spacial score (nSPS) is 13.5. The molecule has 0 spiro atoms. The van der Waals surface area contributed by atoms with E-state index in [0.29, 0.717) is 29.2 Å². The zero-order chi connectivity index (χ0) is 32.6. The van der Waals surface area contributed by atoms with Crippen LogP contribution in [0.4, 0.5) is 10.5 Å². The lowest BCUT2D eigenvalue weighted by Gasteiger charge is -2.39. The number of para-hydroxylation sites is 1. The van der Waals surface area contributed by atoms with Crippen molar-refractivity contribution in [1.29, 1.82) is 0 Å². The number of aromatic hydroxyl groups is 1. The third kappa shape index (κ3) is 10.3. The number of anilines is 1. The van der Waals surface area contributed by atoms with Crippen molar-refractivity contribution in [2.24, 2.45) is 11.7 Å². The molecule has 3 atom stereocenters. The van der Waals surface area contributed by atoms with Gasteiger partial charge >= 0.3 is 6.09 Å². The number of amides is 4. The number of alkyl carbamates (subject to hydrolysis) is 1. The van der Waals surface area contributed by atoms with E-state index < -0.39 is 54.0 Å². The number of rotatable bonds is 12. The minimum absolute atomic E-state index is 0.0431. The van der Waals surface area contributed by atoms with E-state index in [1.165, 1.54) is 11.0 Å². The molecule has 10 nitrogen and oxygen atoms in total. The second-order valence-corrected chi connectivity index (χ2v) is 12.6. The molecular formula is C33H48N4O6. The summed E-state index contributed by atoms with van der Waals surface area (Å²) >= 11 is 0. The zero-order valence-electron chi connectivity index (χ0n) is 26.9. The standard InChI is InChI=1S/C33H48N4O6/c1-19(2)13-14-23(6)37(31(41)25(18-27(34)39)35-32(42)43-33(7,8)9)29(24-15-16-26(38)22(5)17-24)30(40)36-28-20(3)11-10-12-21(28)4/h10-12,15-17,19,23,25,29,38H,13-14,18H2,1-9H3,(H2,34,39)(H,35,42)(H,36,40). The number of ether oxygens (including phenoxy) is 1. The van der Waals surface area contributed by atoms with Gasteiger partial charge in [0.25, 0.3) is 5.91 Å². The SMILES string of the molecule is Cc1cc(C(C(=O)Nc2c(C)cccc2C)N(C(=O)C(CC(N)=O)NC(=O)OC(C)(C)C)C(C)CCC(C)C)ccc1O. The minimum atomic E-state index is -1.39. The molecule has 2 aromatic rings. The van der Waals surface area contributed by atoms with Crippen molar-refractivity contribution in [2.75, 3.05) is 5.32 Å². The molecule has 5 N–H and O–H groups in total. The average Bonchev–Trinajstić information content (AvgIpc) is 2.87. The van der Waals surface area contributed by atoms with Crippen LogP contribution in [0.1, 0.15) is 89.1 Å². The van der Waals surface area contributed by atoms with Gasteiger partial charge in [-0.25, -0.2) is 4.79 Å². The molecule has 10 heteroatoms. The Hall–Kier alpha value is -4.08. The molecule has 0 radical (unpaired) electrons. The molecule has 0 saturated carbocycles. The van der Waals surface area contributed by atoms with E-state index in [4.69, 9.17) is 10.5 Å². The van der Waals surface area contributed by atoms with Crippen molar-refractivity contribution in [2.45, 2.75) is 105 Å². The maximum atomic E-state index is 14.4. The van der Waals surface area contributed by atoms with Crippen LogP contribution in [0.2, 0.25) is 0 Å². The molecule has 3 unspecified atom stereocenters. The Morgan fingerprint density at radius 3 is 2.07 bits per heavy atom. The molecule has 0 aromatic heterocycles. The van der Waals surface area contributed by atoms with Gasteiger partial charge in [0, 0.05) is 11.7 Å². The van der Waals surface area contributed by atoms with E-state index in [9.17, 15) is 24.3 Å². The molecule has 0 bridgehead atoms. The lowest BCUT2D eigenvalue weighted by molar-refractivity contribution is -0.144. The maximum absolute atomic E-state index is 14.4. The molecule has 0 saturated heterocycles. The van der Waals surface area contributed by atoms with E-state index in [1.807, 2.05) is 39.0 Å². The number of carbonyl (C=O) groups excluding carboxylic acids is 4. The molecule has 4 amide bonds. The highest BCUT2D eigenvalue weighted by molar-refractivity contribution is 6.00. The van der Waals surface area contributed by atoms with Crippen LogP contribution in [0.15, 0.2) is 36.4 Å². The van der Waals surface area contributed by atoms with Crippen molar-refractivity contribution in [3.05, 3.63) is 58.7 Å². The monoisotopic (exact) mass is 596 g/mol. The van der Waals surface area contributed by atoms with Crippen molar-refractivity contribution in [3.63, 3.8) is 0 Å². The van der Waals surface area contributed by atoms with E-state index in [0.717, 1.165) is 17.5 Å². The summed E-state index contributed by atoms with van der Waals surface area (Å²) in [6, 6.07) is 7.32. The molecule has 236 valence electrons. The predicted octanol–water partition coefficient (Wildman–Crippen LogP) is 5.42. The molecule has 0 heterocycles. The minimum Gasteiger partial charge on any atom is -0.508 e. The smallest absolute Gasteiger partial charge is 0.408 e. The van der Waals surface area contributed by atoms with Gasteiger partial charge in [-0.3, -0.25) is 14.4 Å². The summed E-state index contributed by atoms with van der Waals surface area (Å²) < 4.78 is 5.37. The number of hydrogen-bond donors (Lipinski definition) is 4. The number of nitrogens with two attached hydrogens (primary N) is 1. The van der Waals surface area contributed by atoms with Gasteiger partial charge in [0.15, 0.2) is 0 Å². The summed E-state index contributed by atoms with van der Waals surface area (Å²) in [6.07, 6.45) is -0.0849. The van der Waals surface area contributed by atoms with E-state index >= 15 is 0 Å². The van der Waals surface area contributed by atoms with Gasteiger partial charge < -0.3 is 31.1 Å². The Morgan fingerprint density at radius 1 is 0.953 bits per heavy atom. The molecule has 2 rings (SSSR count). The number of phenols is 1. The molecular weight excluding hydrogens is 548 g/mol. The van der Waals surface area contributed by atoms with E-state index in [-0.39, 0.29) is 5.75 Å². The Morgan fingerprint density at radius 2 is 1.56 bits per heavy atom. The average molecular weight is 597 g/mol. The first-order valence-electron chi connectivity index (χ1n) is 14.7. The highest BCUT2D eigenvalue weighted by Crippen LogP contribution is 2.32. The first kappa shape index (κ1) is 35.1. The van der Waals surface area contributed by atoms with Crippen LogP contribution in [0, 0.1) is 26.7 Å². The summed E-state index contributed by atoms with van der Waals surface area (Å²) in [4.78, 5) is 55.0. The summed E-state index contributed by atoms with van der Waals surface area (Å²) in [5.74, 6) is -1.59. The van der Waals surface area contributed by atoms with Gasteiger partial charge in [0.2, 0.25) is 11.8 Å². The first-order chi connectivity index (χ1) is 19.9. The fraction of sp³-hybridized carbons (Fsp3) is 0.515. The van der Waals surface area contributed by atoms with Crippen LogP contribution >= 0.6 is 0 Å². The Labute approximate surface area is 255 Å². The Balaban J connectivity index is 2.72. The molecule has 0 aliphatic carbocycles. The molecule has 2 aromatic carbocycles. The highest BCUT2D eigenvalue weighted by atomic mass is 16.6. The third-order valence-electron chi connectivity index (χ3n) is 7.08. The lowest BCUT2D eigenvalue weighted by Crippen LogP contribution is -2.56. The number of nitrogens with one attached hydrogen (secondary N) is 2. The van der Waals surface area contributed by atoms with Crippen molar-refractivity contribution < 1.29 is 29.0 Å². The van der Waals surface area contributed by atoms with E-state index in [2.05, 4.69) is 24.5 Å². The van der Waals surface area contributed by atoms with Gasteiger partial charge in [-0.1, -0.05) is 38.1 Å². The fourth-order valence-corrected chi connectivity index (χ4v) is 4.83. The number of phenolic OH excluding ortho intramolecular Hbond substituents is 1. The van der Waals surface area contributed by atoms with Gasteiger partial charge in [0.05, 0.1) is 6.42 Å². The predicted molar refractivity (Wildman–Crippen MR) is 167 cm³/mol. The molecule has 43 heavy (non-hydrogen) atoms. The van der Waals surface area contributed by atoms with Crippen LogP contribution < -0.4 is 16.4 Å². The van der Waals surface area contributed by atoms with E-state index in [1.54, 1.807) is 39.8 Å². The quantitative estimate of drug-likeness (QED) is 0.257. The third-order valence-corrected chi connectivity index (χ3v) is 7.08. The fourth-order valence-electron chi connectivity index (χ4n) is 4.83. The number of nitrogens with zero attached hydrogens (tertiary/aromatic N) is 1. The number of carbonyl (C=O) groups is 4. The molecule has 0 aliphatic heterocycles. The summed E-state index contributed by atoms with van der Waals surface area (Å²) in [5, 5.41) is 15.8. The summed E-state index contributed by atoms with van der Waals surface area (Å²) in [6.45, 7) is 16.5. The summed E-state index contributed by atoms with van der Waals surface area (Å²) in [7, 11) is 0. The highest BCUT2D eigenvalue weighted by Gasteiger charge is 2.40. The topological polar surface area (TPSA) is 151 Å². The maximum Gasteiger partial charge on any atom is 0.408 e. The second kappa shape index (κ2) is 14.9. The van der Waals surface area contributed by atoms with Crippen LogP contribution in [0.3, 0.4) is 0 Å². The number of hydrogen-bond acceptors (Lipinski definition) is 6. The number of benzene rings is 2. The van der Waals surface area contributed by atoms with Crippen LogP contribution in [0.25, 0.3) is 0 Å². The van der Waals surface area contributed by atoms with Gasteiger partial charge in [-0.2, -0.15) is 0 Å². The first-order valence-corrected chi connectivity index (χ1v) is 14.7. The summed E-state index contributed by atoms with van der Waals surface area (Å²) in [5.41, 5.74) is 7.95.